The van der Waals surface area contributed by atoms with E-state index in [1.807, 2.05) is 64.7 Å². The number of esters is 1. The monoisotopic (exact) mass is 571 g/mol. The highest BCUT2D eigenvalue weighted by Crippen LogP contribution is 2.29. The zero-order chi connectivity index (χ0) is 29.4. The summed E-state index contributed by atoms with van der Waals surface area (Å²) in [5, 5.41) is 5.59. The van der Waals surface area contributed by atoms with E-state index < -0.39 is 29.4 Å². The van der Waals surface area contributed by atoms with Crippen molar-refractivity contribution in [3.05, 3.63) is 95.0 Å². The lowest BCUT2D eigenvalue weighted by Gasteiger charge is -2.24. The van der Waals surface area contributed by atoms with Gasteiger partial charge in [0.15, 0.2) is 0 Å². The number of nitrogens with two attached hydrogens (primary N) is 1. The zero-order valence-electron chi connectivity index (χ0n) is 23.2. The molecule has 2 amide bonds. The van der Waals surface area contributed by atoms with Crippen LogP contribution in [-0.4, -0.2) is 44.0 Å². The Bertz CT molecular complexity index is 1510. The average molecular weight is 572 g/mol. The first-order valence-corrected chi connectivity index (χ1v) is 14.0. The number of carbonyl (C=O) groups is 3. The summed E-state index contributed by atoms with van der Waals surface area (Å²) in [5.41, 5.74) is 8.34. The number of carbonyl (C=O) groups excluding carboxylic acids is 3. The second kappa shape index (κ2) is 13.2. The molecule has 2 heterocycles. The number of rotatable bonds is 11. The molecule has 10 heteroatoms. The van der Waals surface area contributed by atoms with Gasteiger partial charge in [0.1, 0.15) is 16.7 Å². The van der Waals surface area contributed by atoms with E-state index >= 15 is 0 Å². The first-order valence-electron chi connectivity index (χ1n) is 13.2. The standard InChI is InChI=1S/C31H33N5O4S/c1-31(2,3)40-30(39)26(11-12-27(32)37)35-28(38)24-10-9-21(18-25(24)22-7-5-4-6-8-22)17-23(29-34-14-16-41-29)19-36-15-13-33-20-36/h4-10,13-18,20,26H,11-12,19H2,1-3H3,(H2,32,37)(H,35,38)/b23-17-/t26-/m0/s1. The number of amides is 2. The summed E-state index contributed by atoms with van der Waals surface area (Å²) in [5.74, 6) is -1.65. The smallest absolute Gasteiger partial charge is 0.329 e. The number of ether oxygens (including phenoxy) is 1. The number of allylic oxidation sites excluding steroid dienone is 1. The molecule has 9 nitrogen and oxygen atoms in total. The number of hydrogen-bond donors (Lipinski definition) is 2. The highest BCUT2D eigenvalue weighted by Gasteiger charge is 2.28. The molecule has 0 unspecified atom stereocenters. The van der Waals surface area contributed by atoms with Crippen LogP contribution < -0.4 is 11.1 Å². The van der Waals surface area contributed by atoms with Crippen LogP contribution >= 0.6 is 11.3 Å². The maximum atomic E-state index is 13.6. The second-order valence-electron chi connectivity index (χ2n) is 10.5. The molecule has 0 aliphatic rings. The number of imidazole rings is 1. The minimum atomic E-state index is -1.04. The van der Waals surface area contributed by atoms with Crippen molar-refractivity contribution in [2.24, 2.45) is 5.73 Å². The van der Waals surface area contributed by atoms with Gasteiger partial charge in [-0.1, -0.05) is 36.4 Å². The molecular formula is C31H33N5O4S. The Morgan fingerprint density at radius 2 is 1.90 bits per heavy atom. The number of nitrogens with one attached hydrogen (secondary N) is 1. The fraction of sp³-hybridized carbons (Fsp3) is 0.258. The fourth-order valence-electron chi connectivity index (χ4n) is 4.19. The largest absolute Gasteiger partial charge is 0.458 e. The van der Waals surface area contributed by atoms with Crippen LogP contribution in [-0.2, 0) is 20.9 Å². The normalized spacial score (nSPS) is 12.5. The van der Waals surface area contributed by atoms with Gasteiger partial charge in [-0.15, -0.1) is 11.3 Å². The number of benzene rings is 2. The van der Waals surface area contributed by atoms with Crippen molar-refractivity contribution < 1.29 is 19.1 Å². The van der Waals surface area contributed by atoms with E-state index in [0.29, 0.717) is 17.7 Å². The minimum absolute atomic E-state index is 0.0307. The molecule has 0 radical (unpaired) electrons. The molecule has 1 atom stereocenters. The van der Waals surface area contributed by atoms with Gasteiger partial charge in [-0.3, -0.25) is 9.59 Å². The topological polar surface area (TPSA) is 129 Å². The highest BCUT2D eigenvalue weighted by atomic mass is 32.1. The number of primary amides is 1. The summed E-state index contributed by atoms with van der Waals surface area (Å²) in [4.78, 5) is 46.6. The summed E-state index contributed by atoms with van der Waals surface area (Å²) >= 11 is 1.55. The van der Waals surface area contributed by atoms with E-state index in [-0.39, 0.29) is 12.8 Å². The van der Waals surface area contributed by atoms with Crippen LogP contribution in [0, 0.1) is 0 Å². The van der Waals surface area contributed by atoms with Crippen LogP contribution in [0.15, 0.2) is 78.8 Å². The number of aromatic nitrogens is 3. The summed E-state index contributed by atoms with van der Waals surface area (Å²) in [6.07, 6.45) is 9.15. The lowest BCUT2D eigenvalue weighted by Crippen LogP contribution is -2.44. The van der Waals surface area contributed by atoms with Crippen LogP contribution in [0.2, 0.25) is 0 Å². The van der Waals surface area contributed by atoms with Gasteiger partial charge in [0.25, 0.3) is 5.91 Å². The maximum absolute atomic E-state index is 13.6. The van der Waals surface area contributed by atoms with Gasteiger partial charge in [0, 0.05) is 41.5 Å². The summed E-state index contributed by atoms with van der Waals surface area (Å²) in [6.45, 7) is 5.80. The van der Waals surface area contributed by atoms with Gasteiger partial charge >= 0.3 is 5.97 Å². The summed E-state index contributed by atoms with van der Waals surface area (Å²) in [6, 6.07) is 14.0. The second-order valence-corrected chi connectivity index (χ2v) is 11.4. The Hall–Kier alpha value is -4.57. The van der Waals surface area contributed by atoms with Gasteiger partial charge < -0.3 is 20.4 Å². The summed E-state index contributed by atoms with van der Waals surface area (Å²) in [7, 11) is 0. The Kier molecular flexibility index (Phi) is 9.46. The van der Waals surface area contributed by atoms with E-state index in [1.54, 1.807) is 56.9 Å². The Labute approximate surface area is 243 Å². The Morgan fingerprint density at radius 3 is 2.54 bits per heavy atom. The van der Waals surface area contributed by atoms with Crippen molar-refractivity contribution in [1.29, 1.82) is 0 Å². The molecule has 0 saturated carbocycles. The quantitative estimate of drug-likeness (QED) is 0.245. The van der Waals surface area contributed by atoms with Crippen LogP contribution in [0.1, 0.15) is 54.5 Å². The van der Waals surface area contributed by atoms with Crippen LogP contribution in [0.3, 0.4) is 0 Å². The van der Waals surface area contributed by atoms with E-state index in [1.165, 1.54) is 0 Å². The SMILES string of the molecule is CC(C)(C)OC(=O)[C@H](CCC(N)=O)NC(=O)c1ccc(/C=C(/Cn2ccnc2)c2nccs2)cc1-c1ccccc1. The maximum Gasteiger partial charge on any atom is 0.329 e. The number of hydrogen-bond acceptors (Lipinski definition) is 7. The molecule has 0 saturated heterocycles. The lowest BCUT2D eigenvalue weighted by molar-refractivity contribution is -0.157. The Morgan fingerprint density at radius 1 is 1.12 bits per heavy atom. The molecule has 0 bridgehead atoms. The van der Waals surface area contributed by atoms with Crippen LogP contribution in [0.5, 0.6) is 0 Å². The molecule has 0 aliphatic heterocycles. The van der Waals surface area contributed by atoms with Crippen molar-refractivity contribution in [3.63, 3.8) is 0 Å². The van der Waals surface area contributed by atoms with Crippen molar-refractivity contribution in [3.8, 4) is 11.1 Å². The minimum Gasteiger partial charge on any atom is -0.458 e. The van der Waals surface area contributed by atoms with Crippen molar-refractivity contribution >= 4 is 40.8 Å². The van der Waals surface area contributed by atoms with Crippen molar-refractivity contribution in [1.82, 2.24) is 19.9 Å². The first-order chi connectivity index (χ1) is 19.6. The predicted molar refractivity (Wildman–Crippen MR) is 160 cm³/mol. The Balaban J connectivity index is 1.70. The average Bonchev–Trinajstić information content (AvgIpc) is 3.65. The van der Waals surface area contributed by atoms with Gasteiger partial charge in [0.2, 0.25) is 5.91 Å². The number of nitrogens with zero attached hydrogens (tertiary/aromatic N) is 3. The third-order valence-corrected chi connectivity index (χ3v) is 6.86. The molecule has 4 aromatic rings. The first kappa shape index (κ1) is 29.4. The molecule has 0 fully saturated rings. The van der Waals surface area contributed by atoms with Crippen LogP contribution in [0.25, 0.3) is 22.8 Å². The van der Waals surface area contributed by atoms with Crippen molar-refractivity contribution in [2.45, 2.75) is 51.8 Å². The molecular weight excluding hydrogens is 538 g/mol. The van der Waals surface area contributed by atoms with Gasteiger partial charge in [-0.25, -0.2) is 14.8 Å². The molecule has 4 rings (SSSR count). The fourth-order valence-corrected chi connectivity index (χ4v) is 4.83. The van der Waals surface area contributed by atoms with Gasteiger partial charge in [-0.05, 0) is 62.1 Å². The molecule has 212 valence electrons. The van der Waals surface area contributed by atoms with Gasteiger partial charge in [-0.2, -0.15) is 0 Å². The van der Waals surface area contributed by atoms with E-state index in [2.05, 4.69) is 15.3 Å². The molecule has 0 spiro atoms. The zero-order valence-corrected chi connectivity index (χ0v) is 24.1. The highest BCUT2D eigenvalue weighted by molar-refractivity contribution is 7.10. The third kappa shape index (κ3) is 8.46. The lowest BCUT2D eigenvalue weighted by atomic mass is 9.95. The van der Waals surface area contributed by atoms with Crippen molar-refractivity contribution in [2.75, 3.05) is 0 Å². The third-order valence-electron chi connectivity index (χ3n) is 6.01. The molecule has 2 aromatic heterocycles. The summed E-state index contributed by atoms with van der Waals surface area (Å²) < 4.78 is 7.47. The van der Waals surface area contributed by atoms with Gasteiger partial charge in [0.05, 0.1) is 12.9 Å². The molecule has 3 N–H and O–H groups in total. The van der Waals surface area contributed by atoms with E-state index in [4.69, 9.17) is 10.5 Å². The predicted octanol–water partition coefficient (Wildman–Crippen LogP) is 4.95. The van der Waals surface area contributed by atoms with E-state index in [0.717, 1.165) is 21.7 Å². The molecule has 2 aromatic carbocycles. The molecule has 0 aliphatic carbocycles. The van der Waals surface area contributed by atoms with E-state index in [9.17, 15) is 14.4 Å². The molecule has 41 heavy (non-hydrogen) atoms. The number of thiazole rings is 1. The van der Waals surface area contributed by atoms with Crippen LogP contribution in [0.4, 0.5) is 0 Å².